The lowest BCUT2D eigenvalue weighted by molar-refractivity contribution is -0.143. The van der Waals surface area contributed by atoms with E-state index in [-0.39, 0.29) is 107 Å². The SMILES string of the molecule is Cc1ncsc1-c1ccc(CNC(=O)[C@@H]2C[C@@H](O)CN2C(=O)C(C(C)C)N2Cc3ccccc3C2=O)c(OCCOCCOCC#Cc2cccc3c2C(=O)N(C(C(=O)O)c2cc(F)ccc2OCc2ccccc2)C3)c1. The number of aliphatic carboxylic acids is 1. The van der Waals surface area contributed by atoms with Crippen LogP contribution in [0.5, 0.6) is 11.5 Å². The molecule has 0 bridgehead atoms. The normalized spacial score (nSPS) is 16.5. The van der Waals surface area contributed by atoms with Gasteiger partial charge in [0.2, 0.25) is 11.8 Å². The first-order valence-electron chi connectivity index (χ1n) is 25.3. The lowest BCUT2D eigenvalue weighted by Gasteiger charge is -2.35. The summed E-state index contributed by atoms with van der Waals surface area (Å²) in [5.41, 5.74) is 7.67. The number of carbonyl (C=O) groups is 5. The maximum Gasteiger partial charge on any atom is 0.331 e. The van der Waals surface area contributed by atoms with Crippen molar-refractivity contribution in [2.75, 3.05) is 39.6 Å². The number of carbonyl (C=O) groups excluding carboxylic acids is 4. The number of fused-ring (bicyclic) bond motifs is 2. The minimum atomic E-state index is -1.54. The molecule has 4 heterocycles. The van der Waals surface area contributed by atoms with Gasteiger partial charge in [0.05, 0.1) is 47.6 Å². The molecular weight excluding hydrogens is 1010 g/mol. The van der Waals surface area contributed by atoms with Crippen molar-refractivity contribution in [2.24, 2.45) is 5.92 Å². The van der Waals surface area contributed by atoms with Gasteiger partial charge in [-0.2, -0.15) is 0 Å². The monoisotopic (exact) mass is 1060 g/mol. The molecular formula is C59H58FN5O11S. The summed E-state index contributed by atoms with van der Waals surface area (Å²) < 4.78 is 38.4. The van der Waals surface area contributed by atoms with Crippen LogP contribution in [0.4, 0.5) is 4.39 Å². The molecule has 1 aromatic heterocycles. The Hall–Kier alpha value is -7.95. The number of β-amino-alcohol motifs (C(OH)–C–C–N with tert-alkyl or cyclic N) is 1. The van der Waals surface area contributed by atoms with Gasteiger partial charge in [-0.1, -0.05) is 98.5 Å². The molecule has 6 aromatic rings. The second-order valence-corrected chi connectivity index (χ2v) is 20.1. The van der Waals surface area contributed by atoms with Crippen LogP contribution in [0.3, 0.4) is 0 Å². The summed E-state index contributed by atoms with van der Waals surface area (Å²) in [6.45, 7) is 6.84. The standard InChI is InChI=1S/C59H58FN5O11S/c1-36(2)52(64-31-42-13-7-8-17-46(42)56(64)68)58(70)63-33-45(66)29-48(63)55(67)61-30-41-19-18-40(54-37(3)62-35-77-54)27-50(41)75-26-25-74-24-23-73-22-10-16-39-14-9-15-43-32-65(57(69)51(39)43)53(59(71)72)47-28-44(60)20-21-49(47)76-34-38-11-5-4-6-12-38/h4-9,11-15,17-21,27-28,35-36,45,48,52-53,66H,22-26,29-34H2,1-3H3,(H,61,67)(H,71,72)/t45-,48+,52?,53?/m1/s1. The van der Waals surface area contributed by atoms with Gasteiger partial charge in [-0.05, 0) is 71.5 Å². The van der Waals surface area contributed by atoms with Crippen LogP contribution in [0, 0.1) is 30.5 Å². The average molecular weight is 1060 g/mol. The Bertz CT molecular complexity index is 3230. The second kappa shape index (κ2) is 24.4. The number of hydrogen-bond acceptors (Lipinski definition) is 12. The number of nitrogens with zero attached hydrogens (tertiary/aromatic N) is 4. The number of aliphatic hydroxyl groups is 1. The van der Waals surface area contributed by atoms with E-state index in [1.807, 2.05) is 81.4 Å². The van der Waals surface area contributed by atoms with E-state index in [0.717, 1.165) is 33.3 Å². The summed E-state index contributed by atoms with van der Waals surface area (Å²) in [4.78, 5) is 78.0. The Morgan fingerprint density at radius 1 is 0.844 bits per heavy atom. The number of aromatic nitrogens is 1. The molecule has 5 aromatic carbocycles. The molecule has 77 heavy (non-hydrogen) atoms. The van der Waals surface area contributed by atoms with Crippen molar-refractivity contribution < 1.29 is 57.5 Å². The number of hydrogen-bond donors (Lipinski definition) is 3. The first-order valence-corrected chi connectivity index (χ1v) is 26.2. The van der Waals surface area contributed by atoms with E-state index in [2.05, 4.69) is 22.1 Å². The Labute approximate surface area is 449 Å². The molecule has 0 radical (unpaired) electrons. The number of benzene rings is 5. The van der Waals surface area contributed by atoms with Gasteiger partial charge in [-0.15, -0.1) is 11.3 Å². The van der Waals surface area contributed by atoms with Crippen molar-refractivity contribution in [2.45, 2.75) is 77.7 Å². The Morgan fingerprint density at radius 3 is 2.36 bits per heavy atom. The highest BCUT2D eigenvalue weighted by Gasteiger charge is 2.46. The predicted octanol–water partition coefficient (Wildman–Crippen LogP) is 7.34. The van der Waals surface area contributed by atoms with E-state index in [1.165, 1.54) is 33.3 Å². The second-order valence-electron chi connectivity index (χ2n) is 19.3. The molecule has 0 spiro atoms. The number of halogens is 1. The Morgan fingerprint density at radius 2 is 1.60 bits per heavy atom. The summed E-state index contributed by atoms with van der Waals surface area (Å²) in [5, 5.41) is 24.2. The van der Waals surface area contributed by atoms with Gasteiger partial charge in [-0.25, -0.2) is 14.2 Å². The van der Waals surface area contributed by atoms with Crippen LogP contribution in [0.25, 0.3) is 10.4 Å². The highest BCUT2D eigenvalue weighted by molar-refractivity contribution is 7.13. The molecule has 0 saturated carbocycles. The maximum atomic E-state index is 14.7. The molecule has 16 nitrogen and oxygen atoms in total. The van der Waals surface area contributed by atoms with Crippen molar-refractivity contribution in [3.05, 3.63) is 171 Å². The summed E-state index contributed by atoms with van der Waals surface area (Å²) in [6, 6.07) is 27.7. The van der Waals surface area contributed by atoms with Gasteiger partial charge in [-0.3, -0.25) is 19.2 Å². The van der Waals surface area contributed by atoms with Crippen molar-refractivity contribution in [1.29, 1.82) is 0 Å². The van der Waals surface area contributed by atoms with Crippen molar-refractivity contribution in [1.82, 2.24) is 25.0 Å². The molecule has 4 atom stereocenters. The van der Waals surface area contributed by atoms with E-state index >= 15 is 0 Å². The smallest absolute Gasteiger partial charge is 0.331 e. The zero-order valence-electron chi connectivity index (χ0n) is 42.8. The first kappa shape index (κ1) is 53.9. The van der Waals surface area contributed by atoms with Crippen LogP contribution in [-0.2, 0) is 50.1 Å². The maximum absolute atomic E-state index is 14.7. The fraction of sp³-hybridized carbons (Fsp3) is 0.322. The fourth-order valence-electron chi connectivity index (χ4n) is 10.0. The Balaban J connectivity index is 0.771. The zero-order valence-corrected chi connectivity index (χ0v) is 43.6. The van der Waals surface area contributed by atoms with Gasteiger partial charge in [0.1, 0.15) is 49.2 Å². The van der Waals surface area contributed by atoms with E-state index < -0.39 is 47.8 Å². The number of rotatable bonds is 21. The highest BCUT2D eigenvalue weighted by Crippen LogP contribution is 2.38. The summed E-state index contributed by atoms with van der Waals surface area (Å²) in [7, 11) is 0. The van der Waals surface area contributed by atoms with Gasteiger partial charge in [0.15, 0.2) is 6.04 Å². The number of aryl methyl sites for hydroxylation is 1. The van der Waals surface area contributed by atoms with Crippen molar-refractivity contribution >= 4 is 40.9 Å². The van der Waals surface area contributed by atoms with Gasteiger partial charge < -0.3 is 49.2 Å². The molecule has 4 amide bonds. The highest BCUT2D eigenvalue weighted by atomic mass is 32.1. The van der Waals surface area contributed by atoms with E-state index in [9.17, 15) is 38.6 Å². The van der Waals surface area contributed by atoms with Gasteiger partial charge >= 0.3 is 5.97 Å². The molecule has 18 heteroatoms. The number of carboxylic acids is 1. The lowest BCUT2D eigenvalue weighted by Crippen LogP contribution is -2.55. The van der Waals surface area contributed by atoms with Gasteiger partial charge in [0.25, 0.3) is 11.8 Å². The molecule has 1 fully saturated rings. The van der Waals surface area contributed by atoms with Crippen LogP contribution in [0.15, 0.2) is 115 Å². The predicted molar refractivity (Wildman–Crippen MR) is 283 cm³/mol. The summed E-state index contributed by atoms with van der Waals surface area (Å²) in [5.74, 6) is 2.71. The number of amides is 4. The lowest BCUT2D eigenvalue weighted by atomic mass is 10.0. The number of thiazole rings is 1. The van der Waals surface area contributed by atoms with Crippen molar-refractivity contribution in [3.63, 3.8) is 0 Å². The third kappa shape index (κ3) is 12.2. The van der Waals surface area contributed by atoms with Crippen molar-refractivity contribution in [3.8, 4) is 33.8 Å². The topological polar surface area (TPSA) is 197 Å². The molecule has 9 rings (SSSR count). The van der Waals surface area contributed by atoms with Gasteiger partial charge in [0, 0.05) is 54.9 Å². The molecule has 2 unspecified atom stereocenters. The largest absolute Gasteiger partial charge is 0.491 e. The number of carboxylic acid groups (broad SMARTS) is 1. The molecule has 3 aliphatic rings. The third-order valence-corrected chi connectivity index (χ3v) is 14.7. The third-order valence-electron chi connectivity index (χ3n) is 13.7. The molecule has 0 aliphatic carbocycles. The molecule has 1 saturated heterocycles. The van der Waals surface area contributed by atoms with Crippen LogP contribution in [-0.4, -0.2) is 117 Å². The molecule has 3 N–H and O–H groups in total. The van der Waals surface area contributed by atoms with E-state index in [4.69, 9.17) is 18.9 Å². The van der Waals surface area contributed by atoms with Crippen LogP contribution in [0.2, 0.25) is 0 Å². The fourth-order valence-corrected chi connectivity index (χ4v) is 10.8. The Kier molecular flexibility index (Phi) is 17.0. The number of aliphatic hydroxyl groups excluding tert-OH is 1. The minimum Gasteiger partial charge on any atom is -0.491 e. The quantitative estimate of drug-likeness (QED) is 0.0480. The number of ether oxygens (including phenoxy) is 4. The van der Waals surface area contributed by atoms with E-state index in [1.54, 1.807) is 40.7 Å². The molecule has 398 valence electrons. The van der Waals surface area contributed by atoms with Crippen LogP contribution in [0.1, 0.15) is 86.1 Å². The summed E-state index contributed by atoms with van der Waals surface area (Å²) in [6.07, 6.45) is -0.862. The molecule has 3 aliphatic heterocycles. The van der Waals surface area contributed by atoms with Crippen LogP contribution >= 0.6 is 11.3 Å². The first-order chi connectivity index (χ1) is 37.3. The zero-order chi connectivity index (χ0) is 54.2. The number of nitrogens with one attached hydrogen (secondary N) is 1. The summed E-state index contributed by atoms with van der Waals surface area (Å²) >= 11 is 1.49. The van der Waals surface area contributed by atoms with Crippen LogP contribution < -0.4 is 14.8 Å². The minimum absolute atomic E-state index is 0.0125. The van der Waals surface area contributed by atoms with E-state index in [0.29, 0.717) is 28.0 Å². The number of likely N-dealkylation sites (tertiary alicyclic amines) is 1. The average Bonchev–Trinajstić information content (AvgIpc) is 4.23.